The Balaban J connectivity index is 0.00000106. The Hall–Kier alpha value is -2.21. The highest BCUT2D eigenvalue weighted by atomic mass is 16.3. The normalized spacial score (nSPS) is 21.0. The van der Waals surface area contributed by atoms with Crippen LogP contribution in [0.1, 0.15) is 30.1 Å². The van der Waals surface area contributed by atoms with Gasteiger partial charge in [-0.3, -0.25) is 10.2 Å². The lowest BCUT2D eigenvalue weighted by atomic mass is 10.00. The average Bonchev–Trinajstić information content (AvgIpc) is 2.52. The van der Waals surface area contributed by atoms with Gasteiger partial charge in [-0.2, -0.15) is 5.10 Å². The quantitative estimate of drug-likeness (QED) is 0.587. The third-order valence-corrected chi connectivity index (χ3v) is 3.48. The number of para-hydroxylation sites is 1. The number of benzene rings is 1. The zero-order valence-electron chi connectivity index (χ0n) is 12.2. The van der Waals surface area contributed by atoms with Crippen molar-refractivity contribution in [1.29, 1.82) is 5.41 Å². The van der Waals surface area contributed by atoms with Gasteiger partial charge in [0.05, 0.1) is 17.4 Å². The van der Waals surface area contributed by atoms with Crippen LogP contribution >= 0.6 is 0 Å². The highest BCUT2D eigenvalue weighted by molar-refractivity contribution is 5.99. The monoisotopic (exact) mass is 290 g/mol. The van der Waals surface area contributed by atoms with Crippen molar-refractivity contribution in [2.75, 3.05) is 12.0 Å². The van der Waals surface area contributed by atoms with E-state index in [0.717, 1.165) is 12.8 Å². The number of aliphatic hydroxyl groups is 1. The summed E-state index contributed by atoms with van der Waals surface area (Å²) in [5, 5.41) is 18.8. The molecule has 1 aromatic rings. The summed E-state index contributed by atoms with van der Waals surface area (Å²) in [7, 11) is 0. The molecule has 114 valence electrons. The van der Waals surface area contributed by atoms with Crippen LogP contribution in [0.15, 0.2) is 29.4 Å². The van der Waals surface area contributed by atoms with Crippen molar-refractivity contribution in [1.82, 2.24) is 4.90 Å². The van der Waals surface area contributed by atoms with Crippen LogP contribution in [0.5, 0.6) is 0 Å². The second-order valence-corrected chi connectivity index (χ2v) is 4.85. The van der Waals surface area contributed by atoms with Crippen LogP contribution in [-0.4, -0.2) is 48.0 Å². The molecule has 0 saturated carbocycles. The number of hydrazone groups is 1. The number of anilines is 1. The number of hydrogen-bond donors (Lipinski definition) is 3. The first-order chi connectivity index (χ1) is 10.1. The van der Waals surface area contributed by atoms with Gasteiger partial charge in [-0.05, 0) is 38.6 Å². The lowest BCUT2D eigenvalue weighted by Crippen LogP contribution is -2.47. The summed E-state index contributed by atoms with van der Waals surface area (Å²) in [6.45, 7) is 8.26. The van der Waals surface area contributed by atoms with E-state index >= 15 is 0 Å². The fraction of sp³-hybridized carbons (Fsp3) is 0.400. The first-order valence-electron chi connectivity index (χ1n) is 6.78. The molecule has 1 heterocycles. The highest BCUT2D eigenvalue weighted by Gasteiger charge is 2.29. The molecule has 1 aliphatic heterocycles. The lowest BCUT2D eigenvalue weighted by Gasteiger charge is -2.36. The van der Waals surface area contributed by atoms with Gasteiger partial charge in [0.2, 0.25) is 0 Å². The predicted molar refractivity (Wildman–Crippen MR) is 85.2 cm³/mol. The van der Waals surface area contributed by atoms with Crippen molar-refractivity contribution < 1.29 is 9.90 Å². The number of carbonyl (C=O) groups is 1. The molecule has 6 nitrogen and oxygen atoms in total. The van der Waals surface area contributed by atoms with Crippen molar-refractivity contribution in [3.8, 4) is 0 Å². The molecule has 1 fully saturated rings. The van der Waals surface area contributed by atoms with Crippen LogP contribution in [0.25, 0.3) is 0 Å². The summed E-state index contributed by atoms with van der Waals surface area (Å²) in [5.74, 6) is -0.0852. The number of hydrogen-bond acceptors (Lipinski definition) is 5. The summed E-state index contributed by atoms with van der Waals surface area (Å²) >= 11 is 0. The minimum Gasteiger partial charge on any atom is -0.391 e. The Kier molecular flexibility index (Phi) is 6.55. The molecule has 1 aromatic carbocycles. The van der Waals surface area contributed by atoms with E-state index in [2.05, 4.69) is 24.0 Å². The molecular weight excluding hydrogens is 268 g/mol. The number of carbonyl (C=O) groups excluding carboxylic acids is 1. The lowest BCUT2D eigenvalue weighted by molar-refractivity contribution is 0.0310. The predicted octanol–water partition coefficient (Wildman–Crippen LogP) is 1.97. The molecule has 0 aromatic heterocycles. The van der Waals surface area contributed by atoms with E-state index in [-0.39, 0.29) is 11.9 Å². The van der Waals surface area contributed by atoms with Gasteiger partial charge >= 0.3 is 0 Å². The fourth-order valence-corrected chi connectivity index (χ4v) is 2.38. The molecule has 0 unspecified atom stereocenters. The van der Waals surface area contributed by atoms with Gasteiger partial charge in [0.25, 0.3) is 5.91 Å². The second-order valence-electron chi connectivity index (χ2n) is 4.85. The van der Waals surface area contributed by atoms with Crippen LogP contribution in [-0.2, 0) is 0 Å². The molecule has 2 rings (SSSR count). The van der Waals surface area contributed by atoms with E-state index in [4.69, 9.17) is 5.41 Å². The smallest absolute Gasteiger partial charge is 0.256 e. The van der Waals surface area contributed by atoms with E-state index in [1.165, 1.54) is 0 Å². The summed E-state index contributed by atoms with van der Waals surface area (Å²) < 4.78 is 0. The number of likely N-dealkylation sites (tertiary alicyclic amines) is 1. The first-order valence-corrected chi connectivity index (χ1v) is 6.78. The van der Waals surface area contributed by atoms with Crippen molar-refractivity contribution >= 4 is 25.0 Å². The Bertz CT molecular complexity index is 492. The largest absolute Gasteiger partial charge is 0.391 e. The number of nitrogens with zero attached hydrogens (tertiary/aromatic N) is 2. The molecule has 1 saturated heterocycles. The van der Waals surface area contributed by atoms with Crippen LogP contribution in [0.4, 0.5) is 5.69 Å². The molecule has 3 N–H and O–H groups in total. The van der Waals surface area contributed by atoms with E-state index in [0.29, 0.717) is 17.8 Å². The summed E-state index contributed by atoms with van der Waals surface area (Å²) in [5.41, 5.74) is 3.91. The maximum Gasteiger partial charge on any atom is 0.256 e. The second kappa shape index (κ2) is 8.16. The van der Waals surface area contributed by atoms with Gasteiger partial charge < -0.3 is 15.4 Å². The third kappa shape index (κ3) is 4.13. The van der Waals surface area contributed by atoms with Gasteiger partial charge in [-0.1, -0.05) is 12.1 Å². The van der Waals surface area contributed by atoms with E-state index in [1.807, 2.05) is 19.1 Å². The average molecular weight is 290 g/mol. The van der Waals surface area contributed by atoms with Crippen molar-refractivity contribution in [3.63, 3.8) is 0 Å². The Morgan fingerprint density at radius 3 is 2.76 bits per heavy atom. The molecule has 0 spiro atoms. The number of piperidine rings is 1. The topological polar surface area (TPSA) is 88.8 Å². The van der Waals surface area contributed by atoms with Gasteiger partial charge in [-0.15, -0.1) is 0 Å². The Morgan fingerprint density at radius 1 is 1.43 bits per heavy atom. The number of amides is 1. The highest BCUT2D eigenvalue weighted by Crippen LogP contribution is 2.23. The van der Waals surface area contributed by atoms with Gasteiger partial charge in [-0.25, -0.2) is 0 Å². The SMILES string of the molecule is C=N.C=NNc1ccccc1C(=O)N1C[C@@H](O)CC[C@H]1C. The van der Waals surface area contributed by atoms with Crippen molar-refractivity contribution in [2.45, 2.75) is 31.9 Å². The van der Waals surface area contributed by atoms with Crippen LogP contribution < -0.4 is 5.43 Å². The zero-order chi connectivity index (χ0) is 15.8. The minimum absolute atomic E-state index is 0.0852. The minimum atomic E-state index is -0.433. The third-order valence-electron chi connectivity index (χ3n) is 3.48. The standard InChI is InChI=1S/C14H19N3O2.CH3N/c1-10-7-8-11(18)9-17(10)14(19)12-5-3-4-6-13(12)16-15-2;1-2/h3-6,10-11,16,18H,2,7-9H2,1H3;2H,1H2/t10-,11+;/m1./s1. The number of β-amino-alcohol motifs (C(OH)–C–C–N with tert-alkyl or cyclic N) is 1. The molecule has 1 aliphatic rings. The van der Waals surface area contributed by atoms with Gasteiger partial charge in [0.1, 0.15) is 0 Å². The number of nitrogens with one attached hydrogen (secondary N) is 2. The number of aliphatic hydroxyl groups excluding tert-OH is 1. The maximum absolute atomic E-state index is 12.6. The van der Waals surface area contributed by atoms with E-state index in [1.54, 1.807) is 17.0 Å². The molecule has 1 amide bonds. The Morgan fingerprint density at radius 2 is 2.10 bits per heavy atom. The summed E-state index contributed by atoms with van der Waals surface area (Å²) in [6, 6.07) is 7.32. The molecule has 6 heteroatoms. The van der Waals surface area contributed by atoms with E-state index < -0.39 is 6.10 Å². The molecular formula is C15H22N4O2. The van der Waals surface area contributed by atoms with Crippen LogP contribution in [0.3, 0.4) is 0 Å². The van der Waals surface area contributed by atoms with E-state index in [9.17, 15) is 9.90 Å². The molecule has 0 radical (unpaired) electrons. The van der Waals surface area contributed by atoms with Crippen molar-refractivity contribution in [2.24, 2.45) is 5.10 Å². The van der Waals surface area contributed by atoms with Crippen LogP contribution in [0.2, 0.25) is 0 Å². The first kappa shape index (κ1) is 16.8. The molecule has 0 bridgehead atoms. The summed E-state index contributed by atoms with van der Waals surface area (Å²) in [4.78, 5) is 14.3. The van der Waals surface area contributed by atoms with Gasteiger partial charge in [0, 0.05) is 19.3 Å². The fourth-order valence-electron chi connectivity index (χ4n) is 2.38. The molecule has 0 aliphatic carbocycles. The van der Waals surface area contributed by atoms with Crippen LogP contribution in [0, 0.1) is 5.41 Å². The molecule has 21 heavy (non-hydrogen) atoms. The zero-order valence-corrected chi connectivity index (χ0v) is 12.2. The number of rotatable bonds is 3. The van der Waals surface area contributed by atoms with Gasteiger partial charge in [0.15, 0.2) is 0 Å². The Labute approximate surface area is 125 Å². The maximum atomic E-state index is 12.6. The molecule has 2 atom stereocenters. The van der Waals surface area contributed by atoms with Crippen molar-refractivity contribution in [3.05, 3.63) is 29.8 Å². The summed E-state index contributed by atoms with van der Waals surface area (Å²) in [6.07, 6.45) is 1.14.